The molecule has 0 aliphatic rings. The minimum Gasteiger partial charge on any atom is -0.508 e. The predicted octanol–water partition coefficient (Wildman–Crippen LogP) is 3.68. The van der Waals surface area contributed by atoms with Gasteiger partial charge in [-0.05, 0) is 36.6 Å². The van der Waals surface area contributed by atoms with Crippen LogP contribution in [0.25, 0.3) is 11.1 Å². The smallest absolute Gasteiger partial charge is 0.119 e. The van der Waals surface area contributed by atoms with E-state index in [4.69, 9.17) is 0 Å². The lowest BCUT2D eigenvalue weighted by molar-refractivity contribution is 0.471. The first kappa shape index (κ1) is 9.78. The monoisotopic (exact) mass is 198 g/mol. The van der Waals surface area contributed by atoms with Crippen LogP contribution < -0.4 is 0 Å². The number of aryl methyl sites for hydroxylation is 2. The molecule has 0 fully saturated rings. The molecule has 0 bridgehead atoms. The van der Waals surface area contributed by atoms with Gasteiger partial charge in [0.05, 0.1) is 0 Å². The van der Waals surface area contributed by atoms with Gasteiger partial charge in [-0.1, -0.05) is 42.0 Å². The van der Waals surface area contributed by atoms with Gasteiger partial charge in [0.2, 0.25) is 0 Å². The second-order valence-corrected chi connectivity index (χ2v) is 3.87. The second kappa shape index (κ2) is 3.77. The number of benzene rings is 2. The van der Waals surface area contributed by atoms with Crippen LogP contribution in [0.4, 0.5) is 0 Å². The highest BCUT2D eigenvalue weighted by Crippen LogP contribution is 2.26. The topological polar surface area (TPSA) is 20.2 Å². The lowest BCUT2D eigenvalue weighted by Crippen LogP contribution is -1.81. The molecule has 1 N–H and O–H groups in total. The van der Waals surface area contributed by atoms with Crippen LogP contribution in [-0.2, 0) is 0 Å². The maximum atomic E-state index is 9.63. The van der Waals surface area contributed by atoms with Crippen LogP contribution in [0, 0.1) is 13.8 Å². The summed E-state index contributed by atoms with van der Waals surface area (Å²) in [5, 5.41) is 9.63. The fourth-order valence-electron chi connectivity index (χ4n) is 1.61. The summed E-state index contributed by atoms with van der Waals surface area (Å²) in [5.41, 5.74) is 4.34. The molecule has 2 rings (SSSR count). The van der Waals surface area contributed by atoms with Gasteiger partial charge < -0.3 is 5.11 Å². The third-order valence-corrected chi connectivity index (χ3v) is 2.56. The Morgan fingerprint density at radius 3 is 2.27 bits per heavy atom. The Kier molecular flexibility index (Phi) is 2.46. The van der Waals surface area contributed by atoms with Gasteiger partial charge in [-0.15, -0.1) is 0 Å². The minimum atomic E-state index is 0.356. The molecule has 0 radical (unpaired) electrons. The molecule has 0 atom stereocenters. The average Bonchev–Trinajstić information content (AvgIpc) is 2.22. The van der Waals surface area contributed by atoms with Gasteiger partial charge in [-0.25, -0.2) is 0 Å². The fraction of sp³-hybridized carbons (Fsp3) is 0.143. The molecule has 2 aromatic carbocycles. The largest absolute Gasteiger partial charge is 0.508 e. The molecule has 0 amide bonds. The van der Waals surface area contributed by atoms with Gasteiger partial charge in [0.25, 0.3) is 0 Å². The Labute approximate surface area is 90.0 Å². The van der Waals surface area contributed by atoms with E-state index in [9.17, 15) is 5.11 Å². The van der Waals surface area contributed by atoms with E-state index in [0.29, 0.717) is 5.75 Å². The van der Waals surface area contributed by atoms with Crippen molar-refractivity contribution in [2.75, 3.05) is 0 Å². The van der Waals surface area contributed by atoms with Gasteiger partial charge >= 0.3 is 0 Å². The molecule has 2 aromatic rings. The fourth-order valence-corrected chi connectivity index (χ4v) is 1.61. The molecule has 15 heavy (non-hydrogen) atoms. The number of hydrogen-bond donors (Lipinski definition) is 1. The first-order chi connectivity index (χ1) is 7.16. The molecule has 76 valence electrons. The third-order valence-electron chi connectivity index (χ3n) is 2.56. The second-order valence-electron chi connectivity index (χ2n) is 3.87. The van der Waals surface area contributed by atoms with E-state index in [0.717, 1.165) is 16.7 Å². The summed E-state index contributed by atoms with van der Waals surface area (Å²) in [6.45, 7) is 3.97. The molecule has 0 saturated heterocycles. The van der Waals surface area contributed by atoms with E-state index in [1.165, 1.54) is 5.56 Å². The summed E-state index contributed by atoms with van der Waals surface area (Å²) >= 11 is 0. The Morgan fingerprint density at radius 2 is 1.60 bits per heavy atom. The number of phenolic OH excluding ortho intramolecular Hbond substituents is 1. The Bertz CT molecular complexity index is 486. The number of phenols is 1. The van der Waals surface area contributed by atoms with Crippen molar-refractivity contribution < 1.29 is 5.11 Å². The van der Waals surface area contributed by atoms with Crippen molar-refractivity contribution in [2.24, 2.45) is 0 Å². The van der Waals surface area contributed by atoms with Crippen LogP contribution in [0.3, 0.4) is 0 Å². The van der Waals surface area contributed by atoms with E-state index >= 15 is 0 Å². The lowest BCUT2D eigenvalue weighted by Gasteiger charge is -2.05. The Hall–Kier alpha value is -1.76. The number of hydrogen-bond acceptors (Lipinski definition) is 1. The van der Waals surface area contributed by atoms with Gasteiger partial charge in [0.1, 0.15) is 5.75 Å². The van der Waals surface area contributed by atoms with Crippen molar-refractivity contribution in [3.8, 4) is 16.9 Å². The SMILES string of the molecule is Cc1cccc(-c2ccc(C)c(O)c2)c1. The van der Waals surface area contributed by atoms with Gasteiger partial charge in [0, 0.05) is 0 Å². The predicted molar refractivity (Wildman–Crippen MR) is 63.0 cm³/mol. The van der Waals surface area contributed by atoms with E-state index < -0.39 is 0 Å². The van der Waals surface area contributed by atoms with Crippen molar-refractivity contribution in [1.29, 1.82) is 0 Å². The van der Waals surface area contributed by atoms with Gasteiger partial charge in [-0.3, -0.25) is 0 Å². The molecule has 0 aliphatic carbocycles. The zero-order valence-electron chi connectivity index (χ0n) is 8.99. The summed E-state index contributed by atoms with van der Waals surface area (Å²) in [6.07, 6.45) is 0. The van der Waals surface area contributed by atoms with Crippen LogP contribution in [0.1, 0.15) is 11.1 Å². The normalized spacial score (nSPS) is 10.3. The molecule has 0 aliphatic heterocycles. The molecule has 0 heterocycles. The zero-order chi connectivity index (χ0) is 10.8. The van der Waals surface area contributed by atoms with Gasteiger partial charge in [0.15, 0.2) is 0 Å². The van der Waals surface area contributed by atoms with Crippen LogP contribution in [0.15, 0.2) is 42.5 Å². The lowest BCUT2D eigenvalue weighted by atomic mass is 10.0. The summed E-state index contributed by atoms with van der Waals surface area (Å²) in [4.78, 5) is 0. The third kappa shape index (κ3) is 2.01. The first-order valence-electron chi connectivity index (χ1n) is 5.03. The maximum Gasteiger partial charge on any atom is 0.119 e. The molecule has 0 unspecified atom stereocenters. The summed E-state index contributed by atoms with van der Waals surface area (Å²) < 4.78 is 0. The standard InChI is InChI=1S/C14H14O/c1-10-4-3-5-12(8-10)13-7-6-11(2)14(15)9-13/h3-9,15H,1-2H3. The Balaban J connectivity index is 2.50. The molecular weight excluding hydrogens is 184 g/mol. The summed E-state index contributed by atoms with van der Waals surface area (Å²) in [7, 11) is 0. The zero-order valence-corrected chi connectivity index (χ0v) is 8.99. The van der Waals surface area contributed by atoms with E-state index in [1.54, 1.807) is 0 Å². The summed E-state index contributed by atoms with van der Waals surface area (Å²) in [5.74, 6) is 0.356. The molecule has 0 spiro atoms. The van der Waals surface area contributed by atoms with Crippen LogP contribution in [0.5, 0.6) is 5.75 Å². The van der Waals surface area contributed by atoms with Crippen molar-refractivity contribution in [2.45, 2.75) is 13.8 Å². The highest BCUT2D eigenvalue weighted by atomic mass is 16.3. The quantitative estimate of drug-likeness (QED) is 0.741. The minimum absolute atomic E-state index is 0.356. The van der Waals surface area contributed by atoms with E-state index in [-0.39, 0.29) is 0 Å². The molecule has 1 nitrogen and oxygen atoms in total. The molecule has 1 heteroatoms. The van der Waals surface area contributed by atoms with Crippen molar-refractivity contribution in [1.82, 2.24) is 0 Å². The average molecular weight is 198 g/mol. The number of aromatic hydroxyl groups is 1. The van der Waals surface area contributed by atoms with Crippen LogP contribution in [-0.4, -0.2) is 5.11 Å². The molecule has 0 saturated carbocycles. The highest BCUT2D eigenvalue weighted by molar-refractivity contribution is 5.66. The van der Waals surface area contributed by atoms with Crippen LogP contribution in [0.2, 0.25) is 0 Å². The molecular formula is C14H14O. The van der Waals surface area contributed by atoms with Crippen molar-refractivity contribution in [3.63, 3.8) is 0 Å². The van der Waals surface area contributed by atoms with Crippen molar-refractivity contribution >= 4 is 0 Å². The van der Waals surface area contributed by atoms with Crippen molar-refractivity contribution in [3.05, 3.63) is 53.6 Å². The summed E-state index contributed by atoms with van der Waals surface area (Å²) in [6, 6.07) is 14.0. The number of rotatable bonds is 1. The first-order valence-corrected chi connectivity index (χ1v) is 5.03. The van der Waals surface area contributed by atoms with Crippen LogP contribution >= 0.6 is 0 Å². The highest BCUT2D eigenvalue weighted by Gasteiger charge is 2.00. The van der Waals surface area contributed by atoms with Gasteiger partial charge in [-0.2, -0.15) is 0 Å². The molecule has 0 aromatic heterocycles. The van der Waals surface area contributed by atoms with E-state index in [1.807, 2.05) is 31.2 Å². The maximum absolute atomic E-state index is 9.63. The Morgan fingerprint density at radius 1 is 0.867 bits per heavy atom. The van der Waals surface area contributed by atoms with E-state index in [2.05, 4.69) is 25.1 Å².